The molecule has 0 radical (unpaired) electrons. The fourth-order valence-corrected chi connectivity index (χ4v) is 2.96. The molecule has 2 unspecified atom stereocenters. The van der Waals surface area contributed by atoms with Crippen LogP contribution in [0.3, 0.4) is 0 Å². The maximum absolute atomic E-state index is 6.20. The molecule has 0 aliphatic heterocycles. The Labute approximate surface area is 116 Å². The number of hydrogen-bond donors (Lipinski definition) is 2. The highest BCUT2D eigenvalue weighted by Gasteiger charge is 2.23. The van der Waals surface area contributed by atoms with Crippen LogP contribution in [0.5, 0.6) is 0 Å². The Balaban J connectivity index is 2.21. The lowest BCUT2D eigenvalue weighted by Crippen LogP contribution is -2.28. The van der Waals surface area contributed by atoms with Gasteiger partial charge in [-0.15, -0.1) is 0 Å². The van der Waals surface area contributed by atoms with Crippen molar-refractivity contribution >= 4 is 11.5 Å². The number of nitrogens with one attached hydrogen (secondary N) is 1. The smallest absolute Gasteiger partial charge is 0.148 e. The van der Waals surface area contributed by atoms with E-state index in [1.165, 1.54) is 32.1 Å². The lowest BCUT2D eigenvalue weighted by molar-refractivity contribution is 0.448. The quantitative estimate of drug-likeness (QED) is 0.818. The molecular weight excluding hydrogens is 236 g/mol. The number of nitrogens with two attached hydrogens (primary N) is 1. The number of aromatic nitrogens is 2. The van der Waals surface area contributed by atoms with Crippen molar-refractivity contribution in [3.63, 3.8) is 0 Å². The van der Waals surface area contributed by atoms with Crippen LogP contribution in [0.1, 0.15) is 64.6 Å². The summed E-state index contributed by atoms with van der Waals surface area (Å²) in [6, 6.07) is 0.859. The van der Waals surface area contributed by atoms with Gasteiger partial charge >= 0.3 is 0 Å². The molecule has 0 bridgehead atoms. The molecule has 1 heterocycles. The first-order valence-corrected chi connectivity index (χ1v) is 7.61. The molecule has 0 aromatic carbocycles. The molecule has 1 aliphatic rings. The summed E-state index contributed by atoms with van der Waals surface area (Å²) in [6.45, 7) is 8.62. The third kappa shape index (κ3) is 3.04. The minimum absolute atomic E-state index is 0.333. The van der Waals surface area contributed by atoms with Gasteiger partial charge in [0.2, 0.25) is 0 Å². The molecule has 1 aliphatic carbocycles. The zero-order chi connectivity index (χ0) is 14.0. The molecule has 1 aromatic rings. The topological polar surface area (TPSA) is 55.9 Å². The predicted octanol–water partition coefficient (Wildman–Crippen LogP) is 3.74. The second-order valence-electron chi connectivity index (χ2n) is 6.25. The van der Waals surface area contributed by atoms with Gasteiger partial charge in [0.25, 0.3) is 0 Å². The Bertz CT molecular complexity index is 422. The van der Waals surface area contributed by atoms with Crippen LogP contribution in [0.15, 0.2) is 0 Å². The lowest BCUT2D eigenvalue weighted by Gasteiger charge is -2.25. The Morgan fingerprint density at radius 3 is 2.63 bits per heavy atom. The highest BCUT2D eigenvalue weighted by molar-refractivity contribution is 5.65. The average Bonchev–Trinajstić information content (AvgIpc) is 2.52. The molecular formula is C15H28N4. The number of hydrogen-bond acceptors (Lipinski definition) is 3. The van der Waals surface area contributed by atoms with E-state index in [1.807, 2.05) is 11.6 Å². The van der Waals surface area contributed by atoms with Crippen LogP contribution in [-0.2, 0) is 0 Å². The van der Waals surface area contributed by atoms with Crippen molar-refractivity contribution in [3.05, 3.63) is 5.69 Å². The minimum atomic E-state index is 0.333. The Hall–Kier alpha value is -1.19. The lowest BCUT2D eigenvalue weighted by atomic mass is 9.97. The van der Waals surface area contributed by atoms with Crippen LogP contribution < -0.4 is 11.1 Å². The molecule has 0 saturated heterocycles. The first-order chi connectivity index (χ1) is 9.00. The standard InChI is InChI=1S/C15H28N4/c1-10(2)19-15(14(16)12(4)18-19)17-13-9-7-5-6-8-11(13)3/h10-11,13,17H,5-9,16H2,1-4H3. The van der Waals surface area contributed by atoms with Gasteiger partial charge in [-0.2, -0.15) is 5.10 Å². The first kappa shape index (κ1) is 14.2. The highest BCUT2D eigenvalue weighted by Crippen LogP contribution is 2.31. The fraction of sp³-hybridized carbons (Fsp3) is 0.800. The van der Waals surface area contributed by atoms with Crippen LogP contribution in [0.4, 0.5) is 11.5 Å². The normalized spacial score (nSPS) is 24.5. The van der Waals surface area contributed by atoms with Crippen molar-refractivity contribution in [1.82, 2.24) is 9.78 Å². The van der Waals surface area contributed by atoms with Crippen LogP contribution in [0, 0.1) is 12.8 Å². The minimum Gasteiger partial charge on any atom is -0.394 e. The number of rotatable bonds is 3. The van der Waals surface area contributed by atoms with E-state index in [0.29, 0.717) is 18.0 Å². The summed E-state index contributed by atoms with van der Waals surface area (Å²) >= 11 is 0. The third-order valence-corrected chi connectivity index (χ3v) is 4.30. The Morgan fingerprint density at radius 2 is 1.95 bits per heavy atom. The molecule has 1 fully saturated rings. The van der Waals surface area contributed by atoms with E-state index in [0.717, 1.165) is 17.2 Å². The zero-order valence-electron chi connectivity index (χ0n) is 12.7. The van der Waals surface area contributed by atoms with E-state index >= 15 is 0 Å². The van der Waals surface area contributed by atoms with Crippen molar-refractivity contribution in [1.29, 1.82) is 0 Å². The van der Waals surface area contributed by atoms with Crippen LogP contribution in [0.2, 0.25) is 0 Å². The van der Waals surface area contributed by atoms with Crippen molar-refractivity contribution in [3.8, 4) is 0 Å². The zero-order valence-corrected chi connectivity index (χ0v) is 12.7. The molecule has 4 nitrogen and oxygen atoms in total. The van der Waals surface area contributed by atoms with Gasteiger partial charge in [-0.1, -0.05) is 26.2 Å². The van der Waals surface area contributed by atoms with Gasteiger partial charge in [0.1, 0.15) is 5.82 Å². The molecule has 1 saturated carbocycles. The van der Waals surface area contributed by atoms with Crippen LogP contribution >= 0.6 is 0 Å². The van der Waals surface area contributed by atoms with Gasteiger partial charge in [-0.25, -0.2) is 4.68 Å². The number of aryl methyl sites for hydroxylation is 1. The summed E-state index contributed by atoms with van der Waals surface area (Å²) in [6.07, 6.45) is 6.59. The summed E-state index contributed by atoms with van der Waals surface area (Å²) in [5, 5.41) is 8.24. The molecule has 19 heavy (non-hydrogen) atoms. The SMILES string of the molecule is Cc1nn(C(C)C)c(NC2CCCCCC2C)c1N. The summed E-state index contributed by atoms with van der Waals surface area (Å²) in [5.74, 6) is 1.73. The molecule has 3 N–H and O–H groups in total. The van der Waals surface area contributed by atoms with Crippen LogP contribution in [0.25, 0.3) is 0 Å². The second-order valence-corrected chi connectivity index (χ2v) is 6.25. The van der Waals surface area contributed by atoms with Crippen molar-refractivity contribution in [2.45, 2.75) is 71.9 Å². The highest BCUT2D eigenvalue weighted by atomic mass is 15.4. The maximum Gasteiger partial charge on any atom is 0.148 e. The molecule has 1 aromatic heterocycles. The van der Waals surface area contributed by atoms with Gasteiger partial charge < -0.3 is 11.1 Å². The van der Waals surface area contributed by atoms with Gasteiger partial charge in [0.15, 0.2) is 0 Å². The summed E-state index contributed by atoms with van der Waals surface area (Å²) in [4.78, 5) is 0. The molecule has 4 heteroatoms. The number of nitrogens with zero attached hydrogens (tertiary/aromatic N) is 2. The molecule has 0 amide bonds. The number of nitrogen functional groups attached to an aromatic ring is 1. The van der Waals surface area contributed by atoms with Gasteiger partial charge in [0.05, 0.1) is 11.4 Å². The second kappa shape index (κ2) is 5.85. The number of anilines is 2. The van der Waals surface area contributed by atoms with E-state index in [9.17, 15) is 0 Å². The maximum atomic E-state index is 6.20. The largest absolute Gasteiger partial charge is 0.394 e. The van der Waals surface area contributed by atoms with E-state index in [1.54, 1.807) is 0 Å². The fourth-order valence-electron chi connectivity index (χ4n) is 2.96. The first-order valence-electron chi connectivity index (χ1n) is 7.61. The van der Waals surface area contributed by atoms with Crippen molar-refractivity contribution in [2.75, 3.05) is 11.1 Å². The van der Waals surface area contributed by atoms with Crippen molar-refractivity contribution < 1.29 is 0 Å². The average molecular weight is 264 g/mol. The molecule has 2 rings (SSSR count). The summed E-state index contributed by atoms with van der Waals surface area (Å²) < 4.78 is 2.03. The van der Waals surface area contributed by atoms with E-state index in [2.05, 4.69) is 31.2 Å². The summed E-state index contributed by atoms with van der Waals surface area (Å²) in [7, 11) is 0. The van der Waals surface area contributed by atoms with E-state index in [-0.39, 0.29) is 0 Å². The third-order valence-electron chi connectivity index (χ3n) is 4.30. The monoisotopic (exact) mass is 264 g/mol. The van der Waals surface area contributed by atoms with Crippen LogP contribution in [-0.4, -0.2) is 15.8 Å². The Morgan fingerprint density at radius 1 is 1.26 bits per heavy atom. The van der Waals surface area contributed by atoms with Crippen molar-refractivity contribution in [2.24, 2.45) is 5.92 Å². The van der Waals surface area contributed by atoms with E-state index < -0.39 is 0 Å². The van der Waals surface area contributed by atoms with Gasteiger partial charge in [0, 0.05) is 12.1 Å². The molecule has 108 valence electrons. The summed E-state index contributed by atoms with van der Waals surface area (Å²) in [5.41, 5.74) is 7.94. The molecule has 2 atom stereocenters. The Kier molecular flexibility index (Phi) is 4.38. The molecule has 0 spiro atoms. The predicted molar refractivity (Wildman–Crippen MR) is 81.4 cm³/mol. The van der Waals surface area contributed by atoms with Gasteiger partial charge in [-0.3, -0.25) is 0 Å². The van der Waals surface area contributed by atoms with Gasteiger partial charge in [-0.05, 0) is 39.5 Å². The van der Waals surface area contributed by atoms with E-state index in [4.69, 9.17) is 5.73 Å².